The van der Waals surface area contributed by atoms with Gasteiger partial charge in [0.05, 0.1) is 6.54 Å². The molecule has 0 radical (unpaired) electrons. The highest BCUT2D eigenvalue weighted by atomic mass is 79.9. The van der Waals surface area contributed by atoms with Crippen molar-refractivity contribution in [1.29, 1.82) is 0 Å². The molecule has 3 nitrogen and oxygen atoms in total. The molecule has 4 heteroatoms. The zero-order valence-electron chi connectivity index (χ0n) is 12.0. The molecule has 0 heterocycles. The van der Waals surface area contributed by atoms with Gasteiger partial charge in [-0.25, -0.2) is 0 Å². The lowest BCUT2D eigenvalue weighted by atomic mass is 9.88. The Morgan fingerprint density at radius 1 is 1.25 bits per heavy atom. The fourth-order valence-electron chi connectivity index (χ4n) is 2.60. The first-order chi connectivity index (χ1) is 9.66. The fourth-order valence-corrected chi connectivity index (χ4v) is 2.87. The monoisotopic (exact) mass is 339 g/mol. The average molecular weight is 340 g/mol. The Hall–Kier alpha value is -1.03. The zero-order chi connectivity index (χ0) is 14.4. The number of ether oxygens (including phenoxy) is 1. The van der Waals surface area contributed by atoms with Crippen LogP contribution < -0.4 is 4.74 Å². The highest BCUT2D eigenvalue weighted by Crippen LogP contribution is 2.25. The Balaban J connectivity index is 1.72. The molecule has 1 fully saturated rings. The molecule has 0 N–H and O–H groups in total. The van der Waals surface area contributed by atoms with Crippen LogP contribution in [0.5, 0.6) is 5.75 Å². The van der Waals surface area contributed by atoms with Gasteiger partial charge in [-0.3, -0.25) is 4.79 Å². The van der Waals surface area contributed by atoms with Crippen molar-refractivity contribution in [2.24, 2.45) is 5.92 Å². The summed E-state index contributed by atoms with van der Waals surface area (Å²) in [6.45, 7) is 1.18. The van der Waals surface area contributed by atoms with Crippen LogP contribution in [0, 0.1) is 5.92 Å². The van der Waals surface area contributed by atoms with Gasteiger partial charge in [0.15, 0.2) is 0 Å². The van der Waals surface area contributed by atoms with Crippen molar-refractivity contribution in [3.63, 3.8) is 0 Å². The van der Waals surface area contributed by atoms with Gasteiger partial charge in [0.2, 0.25) is 5.91 Å². The summed E-state index contributed by atoms with van der Waals surface area (Å²) in [6.07, 6.45) is 5.77. The first-order valence-electron chi connectivity index (χ1n) is 7.30. The van der Waals surface area contributed by atoms with E-state index in [4.69, 9.17) is 4.74 Å². The van der Waals surface area contributed by atoms with Crippen LogP contribution in [0.2, 0.25) is 0 Å². The van der Waals surface area contributed by atoms with Crippen molar-refractivity contribution < 1.29 is 9.53 Å². The molecule has 0 saturated heterocycles. The Morgan fingerprint density at radius 2 is 1.90 bits per heavy atom. The highest BCUT2D eigenvalue weighted by molar-refractivity contribution is 9.10. The van der Waals surface area contributed by atoms with E-state index >= 15 is 0 Å². The summed E-state index contributed by atoms with van der Waals surface area (Å²) < 4.78 is 6.69. The number of halogens is 1. The molecule has 1 aromatic carbocycles. The van der Waals surface area contributed by atoms with Crippen LogP contribution in [-0.4, -0.2) is 31.0 Å². The summed E-state index contributed by atoms with van der Waals surface area (Å²) in [5.41, 5.74) is 0. The first kappa shape index (κ1) is 15.4. The van der Waals surface area contributed by atoms with E-state index in [1.54, 1.807) is 0 Å². The third-order valence-corrected chi connectivity index (χ3v) is 4.37. The van der Waals surface area contributed by atoms with Crippen LogP contribution in [0.4, 0.5) is 0 Å². The number of hydrogen-bond acceptors (Lipinski definition) is 2. The van der Waals surface area contributed by atoms with Gasteiger partial charge in [0.25, 0.3) is 0 Å². The summed E-state index contributed by atoms with van der Waals surface area (Å²) >= 11 is 3.39. The minimum Gasteiger partial charge on any atom is -0.492 e. The van der Waals surface area contributed by atoms with Gasteiger partial charge >= 0.3 is 0 Å². The van der Waals surface area contributed by atoms with Gasteiger partial charge in [-0.2, -0.15) is 0 Å². The van der Waals surface area contributed by atoms with Crippen LogP contribution in [0.1, 0.15) is 32.1 Å². The van der Waals surface area contributed by atoms with E-state index in [0.717, 1.165) is 23.1 Å². The summed E-state index contributed by atoms with van der Waals surface area (Å²) in [5, 5.41) is 0. The van der Waals surface area contributed by atoms with E-state index in [1.807, 2.05) is 36.2 Å². The van der Waals surface area contributed by atoms with Crippen molar-refractivity contribution >= 4 is 21.8 Å². The average Bonchev–Trinajstić information content (AvgIpc) is 2.49. The second-order valence-electron chi connectivity index (χ2n) is 5.40. The van der Waals surface area contributed by atoms with Gasteiger partial charge in [0, 0.05) is 17.4 Å². The summed E-state index contributed by atoms with van der Waals surface area (Å²) in [5.74, 6) is 1.36. The lowest BCUT2D eigenvalue weighted by Gasteiger charge is -2.26. The minimum atomic E-state index is 0.237. The van der Waals surface area contributed by atoms with Crippen molar-refractivity contribution in [2.45, 2.75) is 32.1 Å². The predicted octanol–water partition coefficient (Wildman–Crippen LogP) is 3.87. The Morgan fingerprint density at radius 3 is 2.55 bits per heavy atom. The lowest BCUT2D eigenvalue weighted by Crippen LogP contribution is -2.36. The largest absolute Gasteiger partial charge is 0.492 e. The maximum atomic E-state index is 12.2. The third kappa shape index (κ3) is 4.51. The Bertz CT molecular complexity index is 427. The van der Waals surface area contributed by atoms with Crippen LogP contribution in [0.25, 0.3) is 0 Å². The molecular formula is C16H22BrNO2. The van der Waals surface area contributed by atoms with E-state index in [2.05, 4.69) is 15.9 Å². The molecule has 110 valence electrons. The molecule has 0 unspecified atom stereocenters. The highest BCUT2D eigenvalue weighted by Gasteiger charge is 2.23. The second-order valence-corrected chi connectivity index (χ2v) is 6.31. The SMILES string of the molecule is CN(CCOc1ccc(Br)cc1)C(=O)C1CCCCC1. The molecule has 0 bridgehead atoms. The summed E-state index contributed by atoms with van der Waals surface area (Å²) in [6, 6.07) is 7.75. The van der Waals surface area contributed by atoms with Gasteiger partial charge in [0.1, 0.15) is 12.4 Å². The molecule has 0 aliphatic heterocycles. The third-order valence-electron chi connectivity index (χ3n) is 3.84. The quantitative estimate of drug-likeness (QED) is 0.814. The normalized spacial score (nSPS) is 15.9. The van der Waals surface area contributed by atoms with Gasteiger partial charge in [-0.15, -0.1) is 0 Å². The molecule has 0 spiro atoms. The lowest BCUT2D eigenvalue weighted by molar-refractivity contribution is -0.135. The van der Waals surface area contributed by atoms with E-state index in [0.29, 0.717) is 13.2 Å². The molecular weight excluding hydrogens is 318 g/mol. The van der Waals surface area contributed by atoms with E-state index in [1.165, 1.54) is 19.3 Å². The van der Waals surface area contributed by atoms with Crippen molar-refractivity contribution in [1.82, 2.24) is 4.90 Å². The number of benzene rings is 1. The van der Waals surface area contributed by atoms with Crippen LogP contribution in [0.3, 0.4) is 0 Å². The van der Waals surface area contributed by atoms with Crippen LogP contribution in [0.15, 0.2) is 28.7 Å². The van der Waals surface area contributed by atoms with Gasteiger partial charge in [-0.05, 0) is 37.1 Å². The maximum absolute atomic E-state index is 12.2. The van der Waals surface area contributed by atoms with Gasteiger partial charge < -0.3 is 9.64 Å². The first-order valence-corrected chi connectivity index (χ1v) is 8.09. The number of nitrogens with zero attached hydrogens (tertiary/aromatic N) is 1. The topological polar surface area (TPSA) is 29.5 Å². The number of rotatable bonds is 5. The number of likely N-dealkylation sites (N-methyl/N-ethyl adjacent to an activating group) is 1. The zero-order valence-corrected chi connectivity index (χ0v) is 13.6. The molecule has 1 aliphatic carbocycles. The molecule has 20 heavy (non-hydrogen) atoms. The van der Waals surface area contributed by atoms with Crippen molar-refractivity contribution in [3.8, 4) is 5.75 Å². The molecule has 1 aromatic rings. The smallest absolute Gasteiger partial charge is 0.225 e. The molecule has 0 atom stereocenters. The van der Waals surface area contributed by atoms with E-state index < -0.39 is 0 Å². The minimum absolute atomic E-state index is 0.237. The number of carbonyl (C=O) groups is 1. The standard InChI is InChI=1S/C16H22BrNO2/c1-18(16(19)13-5-3-2-4-6-13)11-12-20-15-9-7-14(17)8-10-15/h7-10,13H,2-6,11-12H2,1H3. The molecule has 1 amide bonds. The van der Waals surface area contributed by atoms with E-state index in [9.17, 15) is 4.79 Å². The predicted molar refractivity (Wildman–Crippen MR) is 83.8 cm³/mol. The van der Waals surface area contributed by atoms with Crippen LogP contribution in [-0.2, 0) is 4.79 Å². The molecule has 1 aliphatic rings. The molecule has 1 saturated carbocycles. The molecule has 0 aromatic heterocycles. The van der Waals surface area contributed by atoms with Gasteiger partial charge in [-0.1, -0.05) is 35.2 Å². The van der Waals surface area contributed by atoms with E-state index in [-0.39, 0.29) is 11.8 Å². The number of carbonyl (C=O) groups excluding carboxylic acids is 1. The number of amides is 1. The fraction of sp³-hybridized carbons (Fsp3) is 0.562. The van der Waals surface area contributed by atoms with Crippen molar-refractivity contribution in [2.75, 3.05) is 20.2 Å². The molecule has 2 rings (SSSR count). The Labute approximate surface area is 129 Å². The van der Waals surface area contributed by atoms with Crippen LogP contribution >= 0.6 is 15.9 Å². The maximum Gasteiger partial charge on any atom is 0.225 e. The van der Waals surface area contributed by atoms with Crippen molar-refractivity contribution in [3.05, 3.63) is 28.7 Å². The summed E-state index contributed by atoms with van der Waals surface area (Å²) in [7, 11) is 1.88. The second kappa shape index (κ2) is 7.67. The number of hydrogen-bond donors (Lipinski definition) is 0. The Kier molecular flexibility index (Phi) is 5.89. The summed E-state index contributed by atoms with van der Waals surface area (Å²) in [4.78, 5) is 14.1.